The molecule has 0 aliphatic rings. The molecule has 9 heteroatoms. The van der Waals surface area contributed by atoms with Crippen molar-refractivity contribution in [2.24, 2.45) is 0 Å². The molecule has 0 unspecified atom stereocenters. The number of hydrogen-bond donors (Lipinski definition) is 1. The Morgan fingerprint density at radius 2 is 1.63 bits per heavy atom. The molecule has 6 nitrogen and oxygen atoms in total. The highest BCUT2D eigenvalue weighted by Crippen LogP contribution is 2.31. The molecular weight excluding hydrogens is 399 g/mol. The van der Waals surface area contributed by atoms with Gasteiger partial charge >= 0.3 is 6.18 Å². The Balaban J connectivity index is 1.56. The SMILES string of the molecule is COCc1nccc(NC(=O)Cc2ccc(Oc3ccc(C(F)(F)F)cc3)cc2)n1. The number of anilines is 1. The first-order valence-electron chi connectivity index (χ1n) is 8.88. The number of aromatic nitrogens is 2. The van der Waals surface area contributed by atoms with E-state index in [9.17, 15) is 18.0 Å². The Labute approximate surface area is 170 Å². The summed E-state index contributed by atoms with van der Waals surface area (Å²) < 4.78 is 48.3. The number of halogens is 3. The fraction of sp³-hybridized carbons (Fsp3) is 0.190. The Morgan fingerprint density at radius 3 is 2.23 bits per heavy atom. The highest BCUT2D eigenvalue weighted by molar-refractivity contribution is 5.91. The fourth-order valence-corrected chi connectivity index (χ4v) is 2.56. The van der Waals surface area contributed by atoms with Crippen LogP contribution in [0.15, 0.2) is 60.8 Å². The largest absolute Gasteiger partial charge is 0.457 e. The first-order valence-corrected chi connectivity index (χ1v) is 8.88. The number of methoxy groups -OCH3 is 1. The lowest BCUT2D eigenvalue weighted by Gasteiger charge is -2.10. The van der Waals surface area contributed by atoms with Crippen molar-refractivity contribution < 1.29 is 27.4 Å². The van der Waals surface area contributed by atoms with E-state index in [-0.39, 0.29) is 24.7 Å². The lowest BCUT2D eigenvalue weighted by molar-refractivity contribution is -0.137. The van der Waals surface area contributed by atoms with Crippen molar-refractivity contribution in [2.45, 2.75) is 19.2 Å². The quantitative estimate of drug-likeness (QED) is 0.608. The standard InChI is InChI=1S/C21H18F3N3O3/c1-29-13-19-25-11-10-18(26-19)27-20(28)12-14-2-6-16(7-3-14)30-17-8-4-15(5-9-17)21(22,23)24/h2-11H,12-13H2,1H3,(H,25,26,27,28). The predicted octanol–water partition coefficient (Wildman–Crippen LogP) is 4.62. The molecule has 156 valence electrons. The van der Waals surface area contributed by atoms with Gasteiger partial charge in [-0.3, -0.25) is 4.79 Å². The summed E-state index contributed by atoms with van der Waals surface area (Å²) in [5.41, 5.74) is -0.00678. The third-order valence-corrected chi connectivity index (χ3v) is 3.95. The zero-order valence-electron chi connectivity index (χ0n) is 15.9. The maximum Gasteiger partial charge on any atom is 0.416 e. The maximum absolute atomic E-state index is 12.6. The molecule has 1 aromatic heterocycles. The van der Waals surface area contributed by atoms with Gasteiger partial charge in [-0.05, 0) is 48.0 Å². The number of hydrogen-bond acceptors (Lipinski definition) is 5. The van der Waals surface area contributed by atoms with Gasteiger partial charge in [0.15, 0.2) is 5.82 Å². The van der Waals surface area contributed by atoms with Gasteiger partial charge in [-0.25, -0.2) is 9.97 Å². The number of benzene rings is 2. The van der Waals surface area contributed by atoms with Crippen LogP contribution in [0.2, 0.25) is 0 Å². The van der Waals surface area contributed by atoms with Crippen LogP contribution in [0.3, 0.4) is 0 Å². The van der Waals surface area contributed by atoms with Crippen LogP contribution in [0.5, 0.6) is 11.5 Å². The molecule has 0 aliphatic carbocycles. The molecule has 3 rings (SSSR count). The number of carbonyl (C=O) groups is 1. The minimum Gasteiger partial charge on any atom is -0.457 e. The molecule has 0 saturated heterocycles. The summed E-state index contributed by atoms with van der Waals surface area (Å²) in [6.07, 6.45) is -2.74. The number of carbonyl (C=O) groups excluding carboxylic acids is 1. The van der Waals surface area contributed by atoms with Gasteiger partial charge in [0.25, 0.3) is 0 Å². The molecule has 0 saturated carbocycles. The van der Waals surface area contributed by atoms with Crippen LogP contribution in [-0.4, -0.2) is 23.0 Å². The summed E-state index contributed by atoms with van der Waals surface area (Å²) in [6, 6.07) is 12.7. The van der Waals surface area contributed by atoms with E-state index in [0.29, 0.717) is 17.4 Å². The van der Waals surface area contributed by atoms with E-state index >= 15 is 0 Å². The van der Waals surface area contributed by atoms with Crippen LogP contribution in [0.25, 0.3) is 0 Å². The van der Waals surface area contributed by atoms with Crippen molar-refractivity contribution in [3.8, 4) is 11.5 Å². The highest BCUT2D eigenvalue weighted by atomic mass is 19.4. The summed E-state index contributed by atoms with van der Waals surface area (Å²) in [7, 11) is 1.53. The van der Waals surface area contributed by atoms with Gasteiger partial charge in [0.2, 0.25) is 5.91 Å². The van der Waals surface area contributed by atoms with Gasteiger partial charge in [-0.15, -0.1) is 0 Å². The van der Waals surface area contributed by atoms with Gasteiger partial charge < -0.3 is 14.8 Å². The molecule has 0 atom stereocenters. The van der Waals surface area contributed by atoms with Gasteiger partial charge in [0.1, 0.15) is 23.9 Å². The average Bonchev–Trinajstić information content (AvgIpc) is 2.70. The summed E-state index contributed by atoms with van der Waals surface area (Å²) in [6.45, 7) is 0.240. The summed E-state index contributed by atoms with van der Waals surface area (Å²) in [4.78, 5) is 20.4. The van der Waals surface area contributed by atoms with Crippen LogP contribution in [0.4, 0.5) is 19.0 Å². The molecule has 0 bridgehead atoms. The molecule has 2 aromatic carbocycles. The lowest BCUT2D eigenvalue weighted by atomic mass is 10.1. The lowest BCUT2D eigenvalue weighted by Crippen LogP contribution is -2.16. The molecule has 0 aliphatic heterocycles. The molecule has 3 aromatic rings. The molecule has 0 fully saturated rings. The minimum atomic E-state index is -4.39. The zero-order valence-corrected chi connectivity index (χ0v) is 15.9. The minimum absolute atomic E-state index is 0.115. The maximum atomic E-state index is 12.6. The van der Waals surface area contributed by atoms with Crippen molar-refractivity contribution in [1.82, 2.24) is 9.97 Å². The Hall–Kier alpha value is -3.46. The normalized spacial score (nSPS) is 11.2. The molecule has 30 heavy (non-hydrogen) atoms. The second kappa shape index (κ2) is 9.36. The van der Waals surface area contributed by atoms with Crippen molar-refractivity contribution in [2.75, 3.05) is 12.4 Å². The third-order valence-electron chi connectivity index (χ3n) is 3.95. The Morgan fingerprint density at radius 1 is 1.00 bits per heavy atom. The van der Waals surface area contributed by atoms with Crippen LogP contribution >= 0.6 is 0 Å². The van der Waals surface area contributed by atoms with Crippen LogP contribution in [0, 0.1) is 0 Å². The van der Waals surface area contributed by atoms with Gasteiger partial charge in [-0.2, -0.15) is 13.2 Å². The van der Waals surface area contributed by atoms with E-state index in [4.69, 9.17) is 9.47 Å². The fourth-order valence-electron chi connectivity index (χ4n) is 2.56. The Kier molecular flexibility index (Phi) is 6.63. The van der Waals surface area contributed by atoms with Gasteiger partial charge in [0.05, 0.1) is 12.0 Å². The topological polar surface area (TPSA) is 73.3 Å². The number of alkyl halides is 3. The van der Waals surface area contributed by atoms with Gasteiger partial charge in [-0.1, -0.05) is 12.1 Å². The van der Waals surface area contributed by atoms with Crippen molar-refractivity contribution in [3.05, 3.63) is 77.7 Å². The zero-order chi connectivity index (χ0) is 21.6. The smallest absolute Gasteiger partial charge is 0.416 e. The van der Waals surface area contributed by atoms with E-state index < -0.39 is 11.7 Å². The number of nitrogens with zero attached hydrogens (tertiary/aromatic N) is 2. The molecule has 1 amide bonds. The van der Waals surface area contributed by atoms with E-state index in [2.05, 4.69) is 15.3 Å². The molecular formula is C21H18F3N3O3. The average molecular weight is 417 g/mol. The number of ether oxygens (including phenoxy) is 2. The second-order valence-corrected chi connectivity index (χ2v) is 6.28. The van der Waals surface area contributed by atoms with E-state index in [1.807, 2.05) is 0 Å². The van der Waals surface area contributed by atoms with Crippen molar-refractivity contribution in [1.29, 1.82) is 0 Å². The van der Waals surface area contributed by atoms with Crippen LogP contribution < -0.4 is 10.1 Å². The van der Waals surface area contributed by atoms with Crippen LogP contribution in [0.1, 0.15) is 17.0 Å². The van der Waals surface area contributed by atoms with E-state index in [1.54, 1.807) is 30.3 Å². The number of amides is 1. The predicted molar refractivity (Wildman–Crippen MR) is 103 cm³/mol. The van der Waals surface area contributed by atoms with E-state index in [1.165, 1.54) is 25.4 Å². The summed E-state index contributed by atoms with van der Waals surface area (Å²) >= 11 is 0. The monoisotopic (exact) mass is 417 g/mol. The first kappa shape index (κ1) is 21.3. The second-order valence-electron chi connectivity index (χ2n) is 6.28. The van der Waals surface area contributed by atoms with Crippen LogP contribution in [-0.2, 0) is 28.7 Å². The Bertz CT molecular complexity index is 991. The number of rotatable bonds is 7. The molecule has 0 radical (unpaired) electrons. The molecule has 1 heterocycles. The molecule has 1 N–H and O–H groups in total. The highest BCUT2D eigenvalue weighted by Gasteiger charge is 2.30. The summed E-state index contributed by atoms with van der Waals surface area (Å²) in [5.74, 6) is 1.31. The third kappa shape index (κ3) is 6.02. The van der Waals surface area contributed by atoms with Crippen molar-refractivity contribution >= 4 is 11.7 Å². The van der Waals surface area contributed by atoms with E-state index in [0.717, 1.165) is 17.7 Å². The molecule has 0 spiro atoms. The number of nitrogens with one attached hydrogen (secondary N) is 1. The summed E-state index contributed by atoms with van der Waals surface area (Å²) in [5, 5.41) is 2.69. The van der Waals surface area contributed by atoms with Gasteiger partial charge in [0, 0.05) is 13.3 Å². The first-order chi connectivity index (χ1) is 14.3. The van der Waals surface area contributed by atoms with Crippen molar-refractivity contribution in [3.63, 3.8) is 0 Å².